The van der Waals surface area contributed by atoms with E-state index >= 15 is 0 Å². The van der Waals surface area contributed by atoms with Crippen LogP contribution in [0.4, 0.5) is 10.5 Å². The summed E-state index contributed by atoms with van der Waals surface area (Å²) < 4.78 is 2.36. The largest absolute Gasteiger partial charge is 0.506 e. The molecular weight excluding hydrogens is 192 g/mol. The number of hydrogen-bond donors (Lipinski definition) is 3. The number of anilines is 1. The Balaban J connectivity index is 2.57. The zero-order valence-corrected chi connectivity index (χ0v) is 7.21. The second kappa shape index (κ2) is 2.82. The van der Waals surface area contributed by atoms with Crippen LogP contribution in [0.1, 0.15) is 0 Å². The second-order valence-corrected chi connectivity index (χ2v) is 3.29. The maximum Gasteiger partial charge on any atom is 0.356 e. The Labute approximate surface area is 78.1 Å². The van der Waals surface area contributed by atoms with E-state index in [0.717, 1.165) is 11.9 Å². The maximum atomic E-state index is 10.9. The lowest BCUT2D eigenvalue weighted by Crippen LogP contribution is -2.37. The summed E-state index contributed by atoms with van der Waals surface area (Å²) in [5, 5.41) is 19.0. The van der Waals surface area contributed by atoms with Gasteiger partial charge in [-0.15, -0.1) is 0 Å². The maximum absolute atomic E-state index is 10.9. The molecule has 2 amide bonds. The summed E-state index contributed by atoms with van der Waals surface area (Å²) in [5.41, 5.74) is 0.122. The molecule has 0 aromatic heterocycles. The number of carbonyl (C=O) groups excluding carboxylic acids is 1. The van der Waals surface area contributed by atoms with Gasteiger partial charge in [0.05, 0.1) is 4.90 Å². The molecule has 0 unspecified atom stereocenters. The van der Waals surface area contributed by atoms with Gasteiger partial charge in [-0.25, -0.2) is 4.79 Å². The van der Waals surface area contributed by atoms with Gasteiger partial charge in [0.15, 0.2) is 0 Å². The van der Waals surface area contributed by atoms with E-state index < -0.39 is 6.03 Å². The van der Waals surface area contributed by atoms with Crippen LogP contribution in [0, 0.1) is 0 Å². The van der Waals surface area contributed by atoms with Crippen LogP contribution < -0.4 is 9.79 Å². The Morgan fingerprint density at radius 2 is 2.23 bits per heavy atom. The van der Waals surface area contributed by atoms with Crippen molar-refractivity contribution in [3.05, 3.63) is 18.2 Å². The van der Waals surface area contributed by atoms with Crippen molar-refractivity contribution >= 4 is 23.7 Å². The van der Waals surface area contributed by atoms with E-state index in [1.807, 2.05) is 0 Å². The van der Waals surface area contributed by atoms with Crippen molar-refractivity contribution in [2.45, 2.75) is 4.90 Å². The van der Waals surface area contributed by atoms with Gasteiger partial charge in [-0.3, -0.25) is 9.93 Å². The average Bonchev–Trinajstić information content (AvgIpc) is 2.12. The van der Waals surface area contributed by atoms with E-state index in [1.54, 1.807) is 12.1 Å². The molecule has 0 spiro atoms. The molecule has 0 aliphatic carbocycles. The number of hydroxylamine groups is 1. The quantitative estimate of drug-likeness (QED) is 0.434. The summed E-state index contributed by atoms with van der Waals surface area (Å²) in [6.45, 7) is 0. The molecule has 0 fully saturated rings. The van der Waals surface area contributed by atoms with Crippen LogP contribution in [0.2, 0.25) is 0 Å². The topological polar surface area (TPSA) is 72.8 Å². The van der Waals surface area contributed by atoms with Gasteiger partial charge in [-0.05, 0) is 24.1 Å². The Kier molecular flexibility index (Phi) is 1.78. The minimum atomic E-state index is -0.668. The van der Waals surface area contributed by atoms with Crippen LogP contribution in [-0.2, 0) is 0 Å². The number of fused-ring (bicyclic) bond motifs is 1. The first-order valence-corrected chi connectivity index (χ1v) is 4.29. The molecule has 3 N–H and O–H groups in total. The number of phenols is 1. The van der Waals surface area contributed by atoms with Crippen molar-refractivity contribution in [1.29, 1.82) is 0 Å². The molecule has 1 aromatic rings. The molecule has 68 valence electrons. The number of urea groups is 1. The van der Waals surface area contributed by atoms with E-state index in [-0.39, 0.29) is 11.4 Å². The fourth-order valence-electron chi connectivity index (χ4n) is 1.05. The van der Waals surface area contributed by atoms with Gasteiger partial charge in [0.2, 0.25) is 0 Å². The van der Waals surface area contributed by atoms with Crippen molar-refractivity contribution in [3.8, 4) is 5.75 Å². The lowest BCUT2D eigenvalue weighted by molar-refractivity contribution is 0.207. The van der Waals surface area contributed by atoms with Gasteiger partial charge < -0.3 is 5.11 Å². The highest BCUT2D eigenvalue weighted by molar-refractivity contribution is 7.98. The molecule has 13 heavy (non-hydrogen) atoms. The summed E-state index contributed by atoms with van der Waals surface area (Å²) in [7, 11) is 0. The Bertz CT molecular complexity index is 369. The number of carbonyl (C=O) groups is 1. The molecule has 0 saturated carbocycles. The average molecular weight is 198 g/mol. The molecule has 6 heteroatoms. The number of rotatable bonds is 0. The van der Waals surface area contributed by atoms with Gasteiger partial charge in [0.1, 0.15) is 11.4 Å². The van der Waals surface area contributed by atoms with Gasteiger partial charge >= 0.3 is 6.03 Å². The van der Waals surface area contributed by atoms with E-state index in [1.165, 1.54) is 6.07 Å². The monoisotopic (exact) mass is 198 g/mol. The van der Waals surface area contributed by atoms with Crippen LogP contribution in [0.5, 0.6) is 5.75 Å². The molecule has 0 bridgehead atoms. The smallest absolute Gasteiger partial charge is 0.356 e. The first-order chi connectivity index (χ1) is 6.20. The van der Waals surface area contributed by atoms with Gasteiger partial charge in [0.25, 0.3) is 0 Å². The van der Waals surface area contributed by atoms with Crippen molar-refractivity contribution in [2.24, 2.45) is 0 Å². The SMILES string of the molecule is O=C1NSc2cccc(O)c2N1O. The van der Waals surface area contributed by atoms with Crippen molar-refractivity contribution < 1.29 is 15.1 Å². The Morgan fingerprint density at radius 3 is 3.00 bits per heavy atom. The molecular formula is C7H6N2O3S. The van der Waals surface area contributed by atoms with E-state index in [4.69, 9.17) is 0 Å². The van der Waals surface area contributed by atoms with E-state index in [0.29, 0.717) is 9.96 Å². The number of hydrogen-bond acceptors (Lipinski definition) is 4. The molecule has 1 aliphatic rings. The van der Waals surface area contributed by atoms with Crippen LogP contribution in [0.25, 0.3) is 0 Å². The van der Waals surface area contributed by atoms with Crippen LogP contribution in [-0.4, -0.2) is 16.3 Å². The minimum absolute atomic E-state index is 0.122. The van der Waals surface area contributed by atoms with Crippen molar-refractivity contribution in [1.82, 2.24) is 4.72 Å². The molecule has 1 heterocycles. The van der Waals surface area contributed by atoms with Gasteiger partial charge in [-0.1, -0.05) is 6.07 Å². The first-order valence-electron chi connectivity index (χ1n) is 3.48. The second-order valence-electron chi connectivity index (χ2n) is 2.44. The van der Waals surface area contributed by atoms with Crippen molar-refractivity contribution in [2.75, 3.05) is 5.06 Å². The molecule has 2 rings (SSSR count). The predicted molar refractivity (Wildman–Crippen MR) is 46.8 cm³/mol. The summed E-state index contributed by atoms with van der Waals surface area (Å²) in [5.74, 6) is -0.123. The third-order valence-corrected chi connectivity index (χ3v) is 2.46. The molecule has 1 aromatic carbocycles. The first kappa shape index (κ1) is 8.21. The lowest BCUT2D eigenvalue weighted by Gasteiger charge is -2.23. The molecule has 5 nitrogen and oxygen atoms in total. The van der Waals surface area contributed by atoms with Crippen LogP contribution in [0.3, 0.4) is 0 Å². The molecule has 0 saturated heterocycles. The number of aromatic hydroxyl groups is 1. The fraction of sp³-hybridized carbons (Fsp3) is 0. The zero-order chi connectivity index (χ0) is 9.42. The summed E-state index contributed by atoms with van der Waals surface area (Å²) >= 11 is 1.05. The van der Waals surface area contributed by atoms with Gasteiger partial charge in [-0.2, -0.15) is 5.06 Å². The Morgan fingerprint density at radius 1 is 1.46 bits per heavy atom. The van der Waals surface area contributed by atoms with Crippen LogP contribution >= 0.6 is 11.9 Å². The third kappa shape index (κ3) is 1.20. The minimum Gasteiger partial charge on any atom is -0.506 e. The van der Waals surface area contributed by atoms with Crippen LogP contribution in [0.15, 0.2) is 23.1 Å². The fourth-order valence-corrected chi connectivity index (χ4v) is 1.77. The number of phenolic OH excluding ortho intramolecular Hbond substituents is 1. The molecule has 1 aliphatic heterocycles. The van der Waals surface area contributed by atoms with E-state index in [9.17, 15) is 15.1 Å². The summed E-state index contributed by atoms with van der Waals surface area (Å²) in [6, 6.07) is 4.05. The molecule has 0 atom stereocenters. The highest BCUT2D eigenvalue weighted by Crippen LogP contribution is 2.38. The number of nitrogens with one attached hydrogen (secondary N) is 1. The normalized spacial score (nSPS) is 15.2. The zero-order valence-electron chi connectivity index (χ0n) is 6.39. The molecule has 0 radical (unpaired) electrons. The highest BCUT2D eigenvalue weighted by atomic mass is 32.2. The predicted octanol–water partition coefficient (Wildman–Crippen LogP) is 1.32. The number of benzene rings is 1. The number of amides is 2. The Hall–Kier alpha value is -1.40. The number of nitrogens with zero attached hydrogens (tertiary/aromatic N) is 1. The summed E-state index contributed by atoms with van der Waals surface area (Å²) in [6.07, 6.45) is 0. The van der Waals surface area contributed by atoms with Crippen molar-refractivity contribution in [3.63, 3.8) is 0 Å². The third-order valence-electron chi connectivity index (χ3n) is 1.63. The van der Waals surface area contributed by atoms with Gasteiger partial charge in [0, 0.05) is 0 Å². The standard InChI is InChI=1S/C7H6N2O3S/c10-4-2-1-3-5-6(4)9(12)7(11)8-13-5/h1-3,10,12H,(H,8,11). The van der Waals surface area contributed by atoms with E-state index in [2.05, 4.69) is 4.72 Å². The lowest BCUT2D eigenvalue weighted by atomic mass is 10.3. The highest BCUT2D eigenvalue weighted by Gasteiger charge is 2.25. The summed E-state index contributed by atoms with van der Waals surface area (Å²) in [4.78, 5) is 11.5. The number of para-hydroxylation sites is 1.